The molecule has 22 heavy (non-hydrogen) atoms. The predicted molar refractivity (Wildman–Crippen MR) is 75.9 cm³/mol. The highest BCUT2D eigenvalue weighted by molar-refractivity contribution is 6.21. The molecule has 8 heteroatoms. The molecule has 1 aromatic rings. The Kier molecular flexibility index (Phi) is 6.36. The zero-order chi connectivity index (χ0) is 16.7. The lowest BCUT2D eigenvalue weighted by atomic mass is 10.1. The van der Waals surface area contributed by atoms with E-state index < -0.39 is 23.0 Å². The van der Waals surface area contributed by atoms with Gasteiger partial charge < -0.3 is 14.2 Å². The normalized spacial score (nSPS) is 11.4. The van der Waals surface area contributed by atoms with Crippen LogP contribution < -0.4 is 0 Å². The number of hydrogen-bond acceptors (Lipinski definition) is 7. The average Bonchev–Trinajstić information content (AvgIpc) is 2.53. The first kappa shape index (κ1) is 17.5. The molecule has 0 spiro atoms. The summed E-state index contributed by atoms with van der Waals surface area (Å²) in [6.45, 7) is 0. The number of Topliss-reactive ketones (excluding diaryl/α,β-unsaturated/α-hetero) is 1. The van der Waals surface area contributed by atoms with Gasteiger partial charge in [-0.25, -0.2) is 4.79 Å². The van der Waals surface area contributed by atoms with E-state index in [1.54, 1.807) is 0 Å². The molecule has 0 aromatic heterocycles. The zero-order valence-corrected chi connectivity index (χ0v) is 12.3. The molecule has 118 valence electrons. The Hall–Kier alpha value is -2.58. The molecule has 0 radical (unpaired) electrons. The van der Waals surface area contributed by atoms with Crippen LogP contribution in [-0.2, 0) is 23.8 Å². The number of hydrogen-bond donors (Lipinski definition) is 0. The van der Waals surface area contributed by atoms with Crippen molar-refractivity contribution in [2.75, 3.05) is 21.3 Å². The number of nitro groups is 1. The number of carbonyl (C=O) groups excluding carboxylic acids is 2. The number of ether oxygens (including phenoxy) is 3. The number of carbonyl (C=O) groups is 2. The molecule has 0 saturated carbocycles. The van der Waals surface area contributed by atoms with Crippen LogP contribution in [0.2, 0.25) is 0 Å². The summed E-state index contributed by atoms with van der Waals surface area (Å²) in [7, 11) is 3.61. The lowest BCUT2D eigenvalue weighted by molar-refractivity contribution is -0.384. The van der Waals surface area contributed by atoms with E-state index in [0.717, 1.165) is 7.11 Å². The monoisotopic (exact) mass is 309 g/mol. The van der Waals surface area contributed by atoms with Crippen molar-refractivity contribution in [1.82, 2.24) is 0 Å². The lowest BCUT2D eigenvalue weighted by Gasteiger charge is -2.13. The second-order valence-corrected chi connectivity index (χ2v) is 4.07. The first-order chi connectivity index (χ1) is 10.4. The van der Waals surface area contributed by atoms with Gasteiger partial charge in [0.05, 0.1) is 12.0 Å². The maximum absolute atomic E-state index is 12.2. The number of rotatable bonds is 7. The summed E-state index contributed by atoms with van der Waals surface area (Å²) in [5, 5.41) is 10.8. The van der Waals surface area contributed by atoms with E-state index in [1.807, 2.05) is 0 Å². The van der Waals surface area contributed by atoms with Crippen LogP contribution in [0.15, 0.2) is 29.8 Å². The first-order valence-electron chi connectivity index (χ1n) is 6.08. The standard InChI is InChI=1S/C14H15NO7/c1-20-13(17)11(12(16)14(21-2)22-3)8-9-5-4-6-10(7-9)15(18)19/h4-8,14H,1-3H3/b11-8+. The Morgan fingerprint density at radius 2 is 1.86 bits per heavy atom. The minimum atomic E-state index is -1.27. The number of esters is 1. The third kappa shape index (κ3) is 4.21. The van der Waals surface area contributed by atoms with Gasteiger partial charge in [0.1, 0.15) is 5.57 Å². The number of benzene rings is 1. The molecule has 0 aliphatic rings. The number of methoxy groups -OCH3 is 3. The SMILES string of the molecule is COC(=O)/C(=C/c1cccc([N+](=O)[O-])c1)C(=O)C(OC)OC. The van der Waals surface area contributed by atoms with Crippen LogP contribution >= 0.6 is 0 Å². The number of nitrogens with zero attached hydrogens (tertiary/aromatic N) is 1. The summed E-state index contributed by atoms with van der Waals surface area (Å²) in [4.78, 5) is 34.1. The third-order valence-electron chi connectivity index (χ3n) is 2.71. The number of ketones is 1. The van der Waals surface area contributed by atoms with E-state index in [0.29, 0.717) is 5.56 Å². The summed E-state index contributed by atoms with van der Waals surface area (Å²) >= 11 is 0. The van der Waals surface area contributed by atoms with E-state index in [9.17, 15) is 19.7 Å². The van der Waals surface area contributed by atoms with Gasteiger partial charge in [0.25, 0.3) is 5.69 Å². The van der Waals surface area contributed by atoms with Gasteiger partial charge in [-0.15, -0.1) is 0 Å². The van der Waals surface area contributed by atoms with Crippen LogP contribution in [0.5, 0.6) is 0 Å². The van der Waals surface area contributed by atoms with Crippen molar-refractivity contribution in [3.05, 3.63) is 45.5 Å². The second kappa shape index (κ2) is 8.01. The summed E-state index contributed by atoms with van der Waals surface area (Å²) in [5.74, 6) is -1.64. The van der Waals surface area contributed by atoms with Gasteiger partial charge in [-0.1, -0.05) is 12.1 Å². The van der Waals surface area contributed by atoms with E-state index in [1.165, 1.54) is 44.6 Å². The van der Waals surface area contributed by atoms with E-state index in [-0.39, 0.29) is 11.3 Å². The van der Waals surface area contributed by atoms with Gasteiger partial charge in [0, 0.05) is 26.4 Å². The fraction of sp³-hybridized carbons (Fsp3) is 0.286. The van der Waals surface area contributed by atoms with Gasteiger partial charge in [-0.2, -0.15) is 0 Å². The molecule has 0 saturated heterocycles. The molecule has 0 unspecified atom stereocenters. The summed E-state index contributed by atoms with van der Waals surface area (Å²) in [6.07, 6.45) is -0.0873. The molecule has 1 rings (SSSR count). The highest BCUT2D eigenvalue weighted by atomic mass is 16.7. The molecule has 1 aromatic carbocycles. The van der Waals surface area contributed by atoms with Crippen LogP contribution in [-0.4, -0.2) is 44.3 Å². The van der Waals surface area contributed by atoms with Gasteiger partial charge in [0.15, 0.2) is 0 Å². The van der Waals surface area contributed by atoms with E-state index >= 15 is 0 Å². The summed E-state index contributed by atoms with van der Waals surface area (Å²) < 4.78 is 14.2. The number of nitro benzene ring substituents is 1. The fourth-order valence-electron chi connectivity index (χ4n) is 1.67. The average molecular weight is 309 g/mol. The van der Waals surface area contributed by atoms with Crippen LogP contribution in [0, 0.1) is 10.1 Å². The fourth-order valence-corrected chi connectivity index (χ4v) is 1.67. The van der Waals surface area contributed by atoms with Gasteiger partial charge >= 0.3 is 5.97 Å². The Bertz CT molecular complexity index is 605. The minimum absolute atomic E-state index is 0.166. The van der Waals surface area contributed by atoms with Crippen molar-refractivity contribution in [1.29, 1.82) is 0 Å². The molecule has 0 fully saturated rings. The quantitative estimate of drug-likeness (QED) is 0.142. The molecule has 0 amide bonds. The van der Waals surface area contributed by atoms with Gasteiger partial charge in [-0.3, -0.25) is 14.9 Å². The molecule has 8 nitrogen and oxygen atoms in total. The third-order valence-corrected chi connectivity index (χ3v) is 2.71. The summed E-state index contributed by atoms with van der Waals surface area (Å²) in [6, 6.07) is 5.47. The van der Waals surface area contributed by atoms with Crippen LogP contribution in [0.3, 0.4) is 0 Å². The molecular weight excluding hydrogens is 294 g/mol. The first-order valence-corrected chi connectivity index (χ1v) is 6.08. The van der Waals surface area contributed by atoms with E-state index in [2.05, 4.69) is 4.74 Å². The van der Waals surface area contributed by atoms with E-state index in [4.69, 9.17) is 9.47 Å². The Balaban J connectivity index is 3.27. The van der Waals surface area contributed by atoms with Gasteiger partial charge in [-0.05, 0) is 11.6 Å². The van der Waals surface area contributed by atoms with Crippen LogP contribution in [0.4, 0.5) is 5.69 Å². The molecule has 0 bridgehead atoms. The van der Waals surface area contributed by atoms with Crippen molar-refractivity contribution < 1.29 is 28.7 Å². The second-order valence-electron chi connectivity index (χ2n) is 4.07. The Labute approximate surface area is 126 Å². The zero-order valence-electron chi connectivity index (χ0n) is 12.3. The molecule has 0 aliphatic carbocycles. The predicted octanol–water partition coefficient (Wildman–Crippen LogP) is 1.34. The molecule has 0 N–H and O–H groups in total. The smallest absolute Gasteiger partial charge is 0.341 e. The molecule has 0 aliphatic heterocycles. The van der Waals surface area contributed by atoms with Crippen LogP contribution in [0.1, 0.15) is 5.56 Å². The number of non-ortho nitro benzene ring substituents is 1. The van der Waals surface area contributed by atoms with Crippen molar-refractivity contribution in [2.24, 2.45) is 0 Å². The van der Waals surface area contributed by atoms with Crippen LogP contribution in [0.25, 0.3) is 6.08 Å². The van der Waals surface area contributed by atoms with Gasteiger partial charge in [0.2, 0.25) is 12.1 Å². The van der Waals surface area contributed by atoms with Crippen molar-refractivity contribution >= 4 is 23.5 Å². The lowest BCUT2D eigenvalue weighted by Crippen LogP contribution is -2.29. The highest BCUT2D eigenvalue weighted by Gasteiger charge is 2.27. The topological polar surface area (TPSA) is 105 Å². The summed E-state index contributed by atoms with van der Waals surface area (Å²) in [5.41, 5.74) is -0.203. The van der Waals surface area contributed by atoms with Crippen molar-refractivity contribution in [3.63, 3.8) is 0 Å². The van der Waals surface area contributed by atoms with Crippen molar-refractivity contribution in [2.45, 2.75) is 6.29 Å². The molecular formula is C14H15NO7. The maximum atomic E-state index is 12.2. The largest absolute Gasteiger partial charge is 0.465 e. The Morgan fingerprint density at radius 1 is 1.23 bits per heavy atom. The van der Waals surface area contributed by atoms with Crippen molar-refractivity contribution in [3.8, 4) is 0 Å². The highest BCUT2D eigenvalue weighted by Crippen LogP contribution is 2.17. The maximum Gasteiger partial charge on any atom is 0.341 e. The Morgan fingerprint density at radius 3 is 2.36 bits per heavy atom. The molecule has 0 atom stereocenters. The minimum Gasteiger partial charge on any atom is -0.465 e. The molecule has 0 heterocycles.